The van der Waals surface area contributed by atoms with E-state index in [-0.39, 0.29) is 5.91 Å². The Balaban J connectivity index is 1.97. The van der Waals surface area contributed by atoms with Gasteiger partial charge in [0.2, 0.25) is 5.91 Å². The summed E-state index contributed by atoms with van der Waals surface area (Å²) in [6.07, 6.45) is 1.16. The highest BCUT2D eigenvalue weighted by atomic mass is 79.9. The molecule has 0 atom stereocenters. The molecule has 0 aromatic heterocycles. The smallest absolute Gasteiger partial charge is 0.224 e. The molecular weight excluding hydrogens is 396 g/mol. The third-order valence-electron chi connectivity index (χ3n) is 3.09. The number of hydrogen-bond acceptors (Lipinski definition) is 2. The van der Waals surface area contributed by atoms with Gasteiger partial charge < -0.3 is 11.1 Å². The SMILES string of the molecule is Cc1ccc(CCC(=O)Nc2c(Br)cc(N)cc2Br)cc1. The number of aryl methyl sites for hydroxylation is 2. The van der Waals surface area contributed by atoms with Gasteiger partial charge in [0.1, 0.15) is 0 Å². The zero-order valence-corrected chi connectivity index (χ0v) is 14.8. The molecule has 3 N–H and O–H groups in total. The molecule has 0 spiro atoms. The molecule has 0 heterocycles. The number of amides is 1. The van der Waals surface area contributed by atoms with Crippen molar-refractivity contribution in [1.82, 2.24) is 0 Å². The quantitative estimate of drug-likeness (QED) is 0.718. The largest absolute Gasteiger partial charge is 0.399 e. The first-order valence-corrected chi connectivity index (χ1v) is 8.14. The normalized spacial score (nSPS) is 10.4. The zero-order valence-electron chi connectivity index (χ0n) is 11.6. The van der Waals surface area contributed by atoms with E-state index in [1.54, 1.807) is 12.1 Å². The van der Waals surface area contributed by atoms with Crippen molar-refractivity contribution < 1.29 is 4.79 Å². The van der Waals surface area contributed by atoms with Gasteiger partial charge in [0, 0.05) is 21.1 Å². The Morgan fingerprint density at radius 3 is 2.29 bits per heavy atom. The Bertz CT molecular complexity index is 631. The number of carbonyl (C=O) groups excluding carboxylic acids is 1. The van der Waals surface area contributed by atoms with Gasteiger partial charge in [0.25, 0.3) is 0 Å². The van der Waals surface area contributed by atoms with Gasteiger partial charge in [-0.05, 0) is 62.9 Å². The minimum absolute atomic E-state index is 0.0262. The molecule has 21 heavy (non-hydrogen) atoms. The molecule has 2 rings (SSSR count). The molecule has 0 aliphatic heterocycles. The van der Waals surface area contributed by atoms with Crippen molar-refractivity contribution in [2.24, 2.45) is 0 Å². The van der Waals surface area contributed by atoms with Gasteiger partial charge in [-0.3, -0.25) is 4.79 Å². The standard InChI is InChI=1S/C16H16Br2N2O/c1-10-2-4-11(5-3-10)6-7-15(21)20-16-13(17)8-12(19)9-14(16)18/h2-5,8-9H,6-7,19H2,1H3,(H,20,21). The number of halogens is 2. The van der Waals surface area contributed by atoms with Gasteiger partial charge in [-0.2, -0.15) is 0 Å². The maximum Gasteiger partial charge on any atom is 0.224 e. The summed E-state index contributed by atoms with van der Waals surface area (Å²) >= 11 is 6.81. The lowest BCUT2D eigenvalue weighted by Crippen LogP contribution is -2.13. The molecule has 0 aliphatic rings. The average Bonchev–Trinajstić information content (AvgIpc) is 2.42. The zero-order chi connectivity index (χ0) is 15.4. The van der Waals surface area contributed by atoms with E-state index < -0.39 is 0 Å². The maximum absolute atomic E-state index is 12.1. The van der Waals surface area contributed by atoms with Crippen molar-refractivity contribution >= 4 is 49.1 Å². The minimum Gasteiger partial charge on any atom is -0.399 e. The topological polar surface area (TPSA) is 55.1 Å². The maximum atomic E-state index is 12.1. The van der Waals surface area contributed by atoms with Crippen LogP contribution in [0.4, 0.5) is 11.4 Å². The summed E-state index contributed by atoms with van der Waals surface area (Å²) in [7, 11) is 0. The highest BCUT2D eigenvalue weighted by molar-refractivity contribution is 9.11. The number of nitrogens with two attached hydrogens (primary N) is 1. The lowest BCUT2D eigenvalue weighted by atomic mass is 10.1. The van der Waals surface area contributed by atoms with Gasteiger partial charge in [-0.1, -0.05) is 29.8 Å². The number of nitrogens with one attached hydrogen (secondary N) is 1. The van der Waals surface area contributed by atoms with Crippen LogP contribution in [0.1, 0.15) is 17.5 Å². The first kappa shape index (κ1) is 16.0. The Hall–Kier alpha value is -1.33. The van der Waals surface area contributed by atoms with Crippen LogP contribution in [0.3, 0.4) is 0 Å². The molecule has 3 nitrogen and oxygen atoms in total. The number of carbonyl (C=O) groups is 1. The molecular formula is C16H16Br2N2O. The summed E-state index contributed by atoms with van der Waals surface area (Å²) in [4.78, 5) is 12.1. The molecule has 0 saturated heterocycles. The molecule has 2 aromatic rings. The van der Waals surface area contributed by atoms with Crippen molar-refractivity contribution in [3.8, 4) is 0 Å². The molecule has 110 valence electrons. The summed E-state index contributed by atoms with van der Waals surface area (Å²) in [5.74, 6) is -0.0262. The van der Waals surface area contributed by atoms with Crippen molar-refractivity contribution in [2.75, 3.05) is 11.1 Å². The molecule has 1 amide bonds. The third kappa shape index (κ3) is 4.58. The first-order chi connectivity index (χ1) is 9.95. The molecule has 2 aromatic carbocycles. The van der Waals surface area contributed by atoms with Crippen LogP contribution in [0.2, 0.25) is 0 Å². The second kappa shape index (κ2) is 7.09. The predicted octanol–water partition coefficient (Wildman–Crippen LogP) is 4.67. The van der Waals surface area contributed by atoms with Crippen molar-refractivity contribution in [1.29, 1.82) is 0 Å². The summed E-state index contributed by atoms with van der Waals surface area (Å²) in [5.41, 5.74) is 9.45. The highest BCUT2D eigenvalue weighted by Crippen LogP contribution is 2.33. The van der Waals surface area contributed by atoms with Crippen LogP contribution in [-0.2, 0) is 11.2 Å². The van der Waals surface area contributed by atoms with Crippen LogP contribution in [0.25, 0.3) is 0 Å². The van der Waals surface area contributed by atoms with Gasteiger partial charge >= 0.3 is 0 Å². The number of rotatable bonds is 4. The monoisotopic (exact) mass is 410 g/mol. The Kier molecular flexibility index (Phi) is 5.42. The fourth-order valence-corrected chi connectivity index (χ4v) is 3.35. The molecule has 0 radical (unpaired) electrons. The fourth-order valence-electron chi connectivity index (χ4n) is 1.93. The van der Waals surface area contributed by atoms with E-state index in [9.17, 15) is 4.79 Å². The van der Waals surface area contributed by atoms with Crippen LogP contribution in [-0.4, -0.2) is 5.91 Å². The van der Waals surface area contributed by atoms with Crippen LogP contribution in [0, 0.1) is 6.92 Å². The van der Waals surface area contributed by atoms with Crippen LogP contribution in [0.5, 0.6) is 0 Å². The highest BCUT2D eigenvalue weighted by Gasteiger charge is 2.10. The van der Waals surface area contributed by atoms with Gasteiger partial charge in [0.05, 0.1) is 5.69 Å². The van der Waals surface area contributed by atoms with Crippen LogP contribution in [0.15, 0.2) is 45.3 Å². The van der Waals surface area contributed by atoms with Gasteiger partial charge in [-0.25, -0.2) is 0 Å². The summed E-state index contributed by atoms with van der Waals surface area (Å²) in [6, 6.07) is 11.7. The lowest BCUT2D eigenvalue weighted by Gasteiger charge is -2.10. The molecule has 0 unspecified atom stereocenters. The Labute approximate surface area is 141 Å². The van der Waals surface area contributed by atoms with Crippen LogP contribution >= 0.6 is 31.9 Å². The summed E-state index contributed by atoms with van der Waals surface area (Å²) in [6.45, 7) is 2.05. The number of anilines is 2. The van der Waals surface area contributed by atoms with Crippen molar-refractivity contribution in [2.45, 2.75) is 19.8 Å². The third-order valence-corrected chi connectivity index (χ3v) is 4.34. The summed E-state index contributed by atoms with van der Waals surface area (Å²) < 4.78 is 1.52. The number of nitrogen functional groups attached to an aromatic ring is 1. The molecule has 0 fully saturated rings. The Morgan fingerprint density at radius 2 is 1.71 bits per heavy atom. The van der Waals surface area contributed by atoms with E-state index >= 15 is 0 Å². The number of benzene rings is 2. The second-order valence-electron chi connectivity index (χ2n) is 4.89. The van der Waals surface area contributed by atoms with E-state index in [0.29, 0.717) is 17.8 Å². The van der Waals surface area contributed by atoms with Crippen LogP contribution < -0.4 is 11.1 Å². The summed E-state index contributed by atoms with van der Waals surface area (Å²) in [5, 5.41) is 2.90. The predicted molar refractivity (Wildman–Crippen MR) is 94.4 cm³/mol. The van der Waals surface area contributed by atoms with E-state index in [4.69, 9.17) is 5.73 Å². The van der Waals surface area contributed by atoms with E-state index in [1.165, 1.54) is 5.56 Å². The Morgan fingerprint density at radius 1 is 1.14 bits per heavy atom. The molecule has 0 bridgehead atoms. The molecule has 5 heteroatoms. The van der Waals surface area contributed by atoms with E-state index in [2.05, 4.69) is 61.4 Å². The fraction of sp³-hybridized carbons (Fsp3) is 0.188. The minimum atomic E-state index is -0.0262. The van der Waals surface area contributed by atoms with Gasteiger partial charge in [0.15, 0.2) is 0 Å². The van der Waals surface area contributed by atoms with Crippen molar-refractivity contribution in [3.63, 3.8) is 0 Å². The first-order valence-electron chi connectivity index (χ1n) is 6.55. The molecule has 0 saturated carbocycles. The van der Waals surface area contributed by atoms with E-state index in [0.717, 1.165) is 20.9 Å². The average molecular weight is 412 g/mol. The second-order valence-corrected chi connectivity index (χ2v) is 6.60. The molecule has 0 aliphatic carbocycles. The van der Waals surface area contributed by atoms with E-state index in [1.807, 2.05) is 6.92 Å². The van der Waals surface area contributed by atoms with Gasteiger partial charge in [-0.15, -0.1) is 0 Å². The lowest BCUT2D eigenvalue weighted by molar-refractivity contribution is -0.116. The van der Waals surface area contributed by atoms with Crippen molar-refractivity contribution in [3.05, 3.63) is 56.5 Å². The number of hydrogen-bond donors (Lipinski definition) is 2.